The molecule has 0 bridgehead atoms. The number of rotatable bonds is 6. The van der Waals surface area contributed by atoms with Gasteiger partial charge in [-0.1, -0.05) is 0 Å². The second-order valence-electron chi connectivity index (χ2n) is 3.47. The van der Waals surface area contributed by atoms with E-state index >= 15 is 0 Å². The van der Waals surface area contributed by atoms with Gasteiger partial charge in [-0.15, -0.1) is 0 Å². The molecule has 0 aromatic heterocycles. The van der Waals surface area contributed by atoms with Crippen molar-refractivity contribution in [1.82, 2.24) is 5.32 Å². The fourth-order valence-electron chi connectivity index (χ4n) is 1.57. The molecule has 0 aliphatic carbocycles. The smallest absolute Gasteiger partial charge is 0.258 e. The van der Waals surface area contributed by atoms with E-state index in [1.807, 2.05) is 0 Å². The number of Topliss-reactive ketones (excluding diaryl/α,β-unsaturated/α-hetero) is 1. The van der Waals surface area contributed by atoms with Crippen LogP contribution >= 0.6 is 0 Å². The molecule has 0 saturated carbocycles. The van der Waals surface area contributed by atoms with Gasteiger partial charge in [0.25, 0.3) is 5.91 Å². The molecule has 90 valence electrons. The summed E-state index contributed by atoms with van der Waals surface area (Å²) in [7, 11) is 1.41. The first-order valence-electron chi connectivity index (χ1n) is 4.98. The Morgan fingerprint density at radius 1 is 1.56 bits per heavy atom. The number of amides is 1. The standard InChI is InChI=1S/C10H15NO5/c1-6(12)8-9(13)7(11-10(8)14)4-3-5-16-15-2/h7,13H,3-5H2,1-2H3,(H,11,14). The maximum absolute atomic E-state index is 11.3. The Balaban J connectivity index is 2.52. The summed E-state index contributed by atoms with van der Waals surface area (Å²) < 4.78 is 0. The first-order valence-corrected chi connectivity index (χ1v) is 4.98. The van der Waals surface area contributed by atoms with E-state index in [1.165, 1.54) is 14.0 Å². The fraction of sp³-hybridized carbons (Fsp3) is 0.600. The highest BCUT2D eigenvalue weighted by Gasteiger charge is 2.33. The molecule has 0 aromatic carbocycles. The number of nitrogens with one attached hydrogen (secondary N) is 1. The van der Waals surface area contributed by atoms with Crippen molar-refractivity contribution in [2.75, 3.05) is 13.7 Å². The quantitative estimate of drug-likeness (QED) is 0.295. The summed E-state index contributed by atoms with van der Waals surface area (Å²) in [4.78, 5) is 31.4. The first-order chi connectivity index (χ1) is 7.57. The van der Waals surface area contributed by atoms with Gasteiger partial charge in [0.15, 0.2) is 5.78 Å². The van der Waals surface area contributed by atoms with Crippen LogP contribution in [0.3, 0.4) is 0 Å². The lowest BCUT2D eigenvalue weighted by molar-refractivity contribution is -0.272. The van der Waals surface area contributed by atoms with Gasteiger partial charge in [0.2, 0.25) is 0 Å². The third-order valence-electron chi connectivity index (χ3n) is 2.31. The zero-order valence-electron chi connectivity index (χ0n) is 9.28. The number of carbonyl (C=O) groups is 2. The van der Waals surface area contributed by atoms with Gasteiger partial charge >= 0.3 is 0 Å². The molecule has 6 heteroatoms. The van der Waals surface area contributed by atoms with Crippen molar-refractivity contribution in [3.8, 4) is 0 Å². The molecular weight excluding hydrogens is 214 g/mol. The minimum Gasteiger partial charge on any atom is -0.509 e. The van der Waals surface area contributed by atoms with Crippen LogP contribution in [0.25, 0.3) is 0 Å². The number of aliphatic hydroxyl groups is 1. The van der Waals surface area contributed by atoms with E-state index < -0.39 is 17.7 Å². The number of hydrogen-bond donors (Lipinski definition) is 2. The van der Waals surface area contributed by atoms with E-state index in [-0.39, 0.29) is 11.3 Å². The average Bonchev–Trinajstić information content (AvgIpc) is 2.49. The molecule has 0 radical (unpaired) electrons. The number of ketones is 1. The summed E-state index contributed by atoms with van der Waals surface area (Å²) in [6, 6.07) is -0.494. The van der Waals surface area contributed by atoms with Crippen molar-refractivity contribution in [1.29, 1.82) is 0 Å². The second-order valence-corrected chi connectivity index (χ2v) is 3.47. The third-order valence-corrected chi connectivity index (χ3v) is 2.31. The molecule has 1 aliphatic heterocycles. The zero-order chi connectivity index (χ0) is 12.1. The van der Waals surface area contributed by atoms with Crippen LogP contribution in [-0.4, -0.2) is 36.6 Å². The molecule has 1 unspecified atom stereocenters. The topological polar surface area (TPSA) is 84.9 Å². The van der Waals surface area contributed by atoms with E-state index in [0.29, 0.717) is 19.4 Å². The Morgan fingerprint density at radius 3 is 2.75 bits per heavy atom. The monoisotopic (exact) mass is 229 g/mol. The summed E-state index contributed by atoms with van der Waals surface area (Å²) >= 11 is 0. The largest absolute Gasteiger partial charge is 0.509 e. The number of carbonyl (C=O) groups excluding carboxylic acids is 2. The van der Waals surface area contributed by atoms with Gasteiger partial charge in [0.1, 0.15) is 11.3 Å². The van der Waals surface area contributed by atoms with E-state index in [2.05, 4.69) is 15.1 Å². The zero-order valence-corrected chi connectivity index (χ0v) is 9.28. The van der Waals surface area contributed by atoms with E-state index in [1.54, 1.807) is 0 Å². The minimum atomic E-state index is -0.511. The van der Waals surface area contributed by atoms with Gasteiger partial charge in [0.05, 0.1) is 19.8 Å². The maximum Gasteiger partial charge on any atom is 0.258 e. The van der Waals surface area contributed by atoms with Crippen LogP contribution in [0, 0.1) is 0 Å². The predicted molar refractivity (Wildman–Crippen MR) is 54.5 cm³/mol. The summed E-state index contributed by atoms with van der Waals surface area (Å²) in [5, 5.41) is 12.2. The van der Waals surface area contributed by atoms with Crippen molar-refractivity contribution in [3.05, 3.63) is 11.3 Å². The van der Waals surface area contributed by atoms with Gasteiger partial charge < -0.3 is 10.4 Å². The molecule has 2 N–H and O–H groups in total. The molecule has 1 aliphatic rings. The lowest BCUT2D eigenvalue weighted by atomic mass is 10.1. The molecule has 1 heterocycles. The predicted octanol–water partition coefficient (Wildman–Crippen LogP) is 0.244. The normalized spacial score (nSPS) is 20.1. The number of aliphatic hydroxyl groups excluding tert-OH is 1. The number of hydrogen-bond acceptors (Lipinski definition) is 5. The van der Waals surface area contributed by atoms with Crippen LogP contribution in [-0.2, 0) is 19.4 Å². The van der Waals surface area contributed by atoms with Crippen molar-refractivity contribution in [2.45, 2.75) is 25.8 Å². The highest BCUT2D eigenvalue weighted by atomic mass is 17.2. The Labute approximate surface area is 93.2 Å². The van der Waals surface area contributed by atoms with Gasteiger partial charge in [-0.25, -0.2) is 9.78 Å². The van der Waals surface area contributed by atoms with Crippen LogP contribution in [0.4, 0.5) is 0 Å². The van der Waals surface area contributed by atoms with Gasteiger partial charge in [-0.2, -0.15) is 0 Å². The first kappa shape index (κ1) is 12.7. The highest BCUT2D eigenvalue weighted by molar-refractivity contribution is 6.20. The van der Waals surface area contributed by atoms with E-state index in [4.69, 9.17) is 0 Å². The fourth-order valence-corrected chi connectivity index (χ4v) is 1.57. The van der Waals surface area contributed by atoms with Crippen molar-refractivity contribution >= 4 is 11.7 Å². The maximum atomic E-state index is 11.3. The molecular formula is C10H15NO5. The Morgan fingerprint density at radius 2 is 2.25 bits per heavy atom. The molecule has 1 rings (SSSR count). The van der Waals surface area contributed by atoms with Gasteiger partial charge in [-0.3, -0.25) is 9.59 Å². The molecule has 0 saturated heterocycles. The van der Waals surface area contributed by atoms with Gasteiger partial charge in [-0.05, 0) is 19.8 Å². The molecule has 16 heavy (non-hydrogen) atoms. The van der Waals surface area contributed by atoms with Crippen LogP contribution in [0.5, 0.6) is 0 Å². The van der Waals surface area contributed by atoms with Crippen molar-refractivity contribution in [3.63, 3.8) is 0 Å². The van der Waals surface area contributed by atoms with Gasteiger partial charge in [0, 0.05) is 0 Å². The van der Waals surface area contributed by atoms with Crippen LogP contribution in [0.1, 0.15) is 19.8 Å². The van der Waals surface area contributed by atoms with Crippen molar-refractivity contribution in [2.24, 2.45) is 0 Å². The third kappa shape index (κ3) is 2.80. The molecule has 6 nitrogen and oxygen atoms in total. The Bertz CT molecular complexity index is 323. The molecule has 0 aromatic rings. The van der Waals surface area contributed by atoms with Crippen LogP contribution in [0.2, 0.25) is 0 Å². The highest BCUT2D eigenvalue weighted by Crippen LogP contribution is 2.19. The minimum absolute atomic E-state index is 0.141. The summed E-state index contributed by atoms with van der Waals surface area (Å²) in [6.45, 7) is 1.62. The summed E-state index contributed by atoms with van der Waals surface area (Å²) in [6.07, 6.45) is 1.10. The Kier molecular flexibility index (Phi) is 4.45. The molecule has 1 atom stereocenters. The SMILES string of the molecule is COOCCCC1NC(=O)C(C(C)=O)=C1O. The lowest BCUT2D eigenvalue weighted by Gasteiger charge is -2.10. The van der Waals surface area contributed by atoms with Crippen LogP contribution < -0.4 is 5.32 Å². The lowest BCUT2D eigenvalue weighted by Crippen LogP contribution is -2.29. The van der Waals surface area contributed by atoms with Crippen molar-refractivity contribution < 1.29 is 24.5 Å². The Hall–Kier alpha value is -1.40. The van der Waals surface area contributed by atoms with E-state index in [0.717, 1.165) is 0 Å². The van der Waals surface area contributed by atoms with E-state index in [9.17, 15) is 14.7 Å². The average molecular weight is 229 g/mol. The summed E-state index contributed by atoms with van der Waals surface area (Å²) in [5.74, 6) is -1.11. The molecule has 0 spiro atoms. The van der Waals surface area contributed by atoms with Crippen LogP contribution in [0.15, 0.2) is 11.3 Å². The second kappa shape index (κ2) is 5.62. The molecule has 0 fully saturated rings. The molecule has 1 amide bonds. The summed E-state index contributed by atoms with van der Waals surface area (Å²) in [5.41, 5.74) is -0.141.